The average Bonchev–Trinajstić information content (AvgIpc) is 3.00. The van der Waals surface area contributed by atoms with Crippen molar-refractivity contribution in [3.8, 4) is 0 Å². The molecule has 2 aromatic rings. The first-order valence-corrected chi connectivity index (χ1v) is 8.19. The molecule has 7 heteroatoms. The van der Waals surface area contributed by atoms with Gasteiger partial charge in [0.05, 0.1) is 10.4 Å². The molecule has 1 aliphatic heterocycles. The molecule has 0 saturated carbocycles. The first kappa shape index (κ1) is 14.3. The normalized spacial score (nSPS) is 19.3. The van der Waals surface area contributed by atoms with Gasteiger partial charge in [0.15, 0.2) is 10.8 Å². The highest BCUT2D eigenvalue weighted by atomic mass is 32.1. The smallest absolute Gasteiger partial charge is 0.217 e. The molecule has 1 atom stereocenters. The standard InChI is InChI=1S/C14H21N5OS/c1-9-12-13(18(2)17-9)16-14(21-12)19-7-3-4-10(8-19)5-6-11(15)20/h10H,3-8H2,1-2H3,(H2,15,20)/t10-/m0/s1. The lowest BCUT2D eigenvalue weighted by Crippen LogP contribution is -2.35. The van der Waals surface area contributed by atoms with Gasteiger partial charge in [-0.05, 0) is 32.1 Å². The van der Waals surface area contributed by atoms with Crippen molar-refractivity contribution in [2.45, 2.75) is 32.6 Å². The van der Waals surface area contributed by atoms with Gasteiger partial charge < -0.3 is 10.6 Å². The van der Waals surface area contributed by atoms with Crippen molar-refractivity contribution < 1.29 is 4.79 Å². The van der Waals surface area contributed by atoms with E-state index in [0.29, 0.717) is 12.3 Å². The van der Waals surface area contributed by atoms with E-state index in [0.717, 1.165) is 42.4 Å². The molecule has 0 bridgehead atoms. The van der Waals surface area contributed by atoms with Gasteiger partial charge in [-0.25, -0.2) is 9.67 Å². The average molecular weight is 307 g/mol. The van der Waals surface area contributed by atoms with Crippen LogP contribution >= 0.6 is 11.3 Å². The van der Waals surface area contributed by atoms with Gasteiger partial charge in [-0.15, -0.1) is 0 Å². The lowest BCUT2D eigenvalue weighted by molar-refractivity contribution is -0.118. The quantitative estimate of drug-likeness (QED) is 0.934. The number of anilines is 1. The van der Waals surface area contributed by atoms with E-state index in [2.05, 4.69) is 10.00 Å². The van der Waals surface area contributed by atoms with Crippen LogP contribution in [0.5, 0.6) is 0 Å². The van der Waals surface area contributed by atoms with Crippen LogP contribution in [0.3, 0.4) is 0 Å². The number of nitrogens with zero attached hydrogens (tertiary/aromatic N) is 4. The van der Waals surface area contributed by atoms with Gasteiger partial charge >= 0.3 is 0 Å². The summed E-state index contributed by atoms with van der Waals surface area (Å²) < 4.78 is 3.02. The van der Waals surface area contributed by atoms with Crippen molar-refractivity contribution >= 4 is 32.7 Å². The Morgan fingerprint density at radius 3 is 3.05 bits per heavy atom. The number of aromatic nitrogens is 3. The summed E-state index contributed by atoms with van der Waals surface area (Å²) in [6, 6.07) is 0. The number of amides is 1. The zero-order chi connectivity index (χ0) is 15.0. The van der Waals surface area contributed by atoms with Crippen molar-refractivity contribution in [2.75, 3.05) is 18.0 Å². The number of rotatable bonds is 4. The predicted molar refractivity (Wildman–Crippen MR) is 84.5 cm³/mol. The van der Waals surface area contributed by atoms with Gasteiger partial charge in [0, 0.05) is 26.6 Å². The second-order valence-corrected chi connectivity index (χ2v) is 6.79. The molecular weight excluding hydrogens is 286 g/mol. The minimum absolute atomic E-state index is 0.200. The third kappa shape index (κ3) is 2.88. The molecule has 3 heterocycles. The Morgan fingerprint density at radius 1 is 1.52 bits per heavy atom. The number of primary amides is 1. The maximum absolute atomic E-state index is 10.9. The van der Waals surface area contributed by atoms with Gasteiger partial charge in [0.25, 0.3) is 0 Å². The van der Waals surface area contributed by atoms with Crippen molar-refractivity contribution in [1.82, 2.24) is 14.8 Å². The Bertz CT molecular complexity index is 627. The lowest BCUT2D eigenvalue weighted by Gasteiger charge is -2.32. The molecule has 0 aliphatic carbocycles. The predicted octanol–water partition coefficient (Wildman–Crippen LogP) is 1.82. The molecule has 1 aliphatic rings. The molecule has 114 valence electrons. The summed E-state index contributed by atoms with van der Waals surface area (Å²) in [4.78, 5) is 18.0. The number of nitrogens with two attached hydrogens (primary N) is 1. The Balaban J connectivity index is 1.75. The molecule has 0 aromatic carbocycles. The van der Waals surface area contributed by atoms with Crippen LogP contribution in [0, 0.1) is 12.8 Å². The second kappa shape index (κ2) is 5.63. The van der Waals surface area contributed by atoms with E-state index in [4.69, 9.17) is 10.7 Å². The minimum atomic E-state index is -0.200. The van der Waals surface area contributed by atoms with Gasteiger partial charge in [-0.2, -0.15) is 5.10 Å². The van der Waals surface area contributed by atoms with Crippen LogP contribution in [-0.4, -0.2) is 33.8 Å². The third-order valence-corrected chi connectivity index (χ3v) is 5.34. The van der Waals surface area contributed by atoms with Crippen molar-refractivity contribution in [3.63, 3.8) is 0 Å². The summed E-state index contributed by atoms with van der Waals surface area (Å²) in [5, 5.41) is 5.47. The fourth-order valence-electron chi connectivity index (χ4n) is 3.03. The molecule has 2 aromatic heterocycles. The molecule has 2 N–H and O–H groups in total. The first-order valence-electron chi connectivity index (χ1n) is 7.38. The molecule has 0 spiro atoms. The van der Waals surface area contributed by atoms with E-state index in [1.807, 2.05) is 18.7 Å². The summed E-state index contributed by atoms with van der Waals surface area (Å²) in [5.74, 6) is 0.339. The Kier molecular flexibility index (Phi) is 3.84. The molecule has 1 fully saturated rings. The Hall–Kier alpha value is -1.63. The van der Waals surface area contributed by atoms with Gasteiger partial charge in [0.2, 0.25) is 5.91 Å². The monoisotopic (exact) mass is 307 g/mol. The van der Waals surface area contributed by atoms with E-state index < -0.39 is 0 Å². The highest BCUT2D eigenvalue weighted by Gasteiger charge is 2.23. The molecule has 0 unspecified atom stereocenters. The molecule has 1 saturated heterocycles. The number of hydrogen-bond acceptors (Lipinski definition) is 5. The molecule has 21 heavy (non-hydrogen) atoms. The van der Waals surface area contributed by atoms with E-state index in [1.165, 1.54) is 11.1 Å². The van der Waals surface area contributed by atoms with E-state index in [9.17, 15) is 4.79 Å². The number of piperidine rings is 1. The summed E-state index contributed by atoms with van der Waals surface area (Å²) in [5.41, 5.74) is 7.26. The topological polar surface area (TPSA) is 77.0 Å². The zero-order valence-corrected chi connectivity index (χ0v) is 13.3. The molecule has 1 amide bonds. The van der Waals surface area contributed by atoms with Crippen LogP contribution in [0.1, 0.15) is 31.4 Å². The number of fused-ring (bicyclic) bond motifs is 1. The summed E-state index contributed by atoms with van der Waals surface area (Å²) in [6.07, 6.45) is 3.70. The maximum Gasteiger partial charge on any atom is 0.217 e. The minimum Gasteiger partial charge on any atom is -0.370 e. The van der Waals surface area contributed by atoms with Crippen molar-refractivity contribution in [2.24, 2.45) is 18.7 Å². The Morgan fingerprint density at radius 2 is 2.33 bits per heavy atom. The number of carbonyl (C=O) groups excluding carboxylic acids is 1. The Labute approximate surface area is 127 Å². The number of aryl methyl sites for hydroxylation is 2. The molecule has 6 nitrogen and oxygen atoms in total. The highest BCUT2D eigenvalue weighted by molar-refractivity contribution is 7.22. The number of carbonyl (C=O) groups is 1. The van der Waals surface area contributed by atoms with Crippen LogP contribution < -0.4 is 10.6 Å². The summed E-state index contributed by atoms with van der Waals surface area (Å²) >= 11 is 1.72. The highest BCUT2D eigenvalue weighted by Crippen LogP contribution is 2.33. The van der Waals surface area contributed by atoms with Gasteiger partial charge in [0.1, 0.15) is 0 Å². The SMILES string of the molecule is Cc1nn(C)c2nc(N3CCC[C@@H](CCC(N)=O)C3)sc12. The number of hydrogen-bond donors (Lipinski definition) is 1. The molecule has 3 rings (SSSR count). The first-order chi connectivity index (χ1) is 10.0. The van der Waals surface area contributed by atoms with Gasteiger partial charge in [-0.3, -0.25) is 4.79 Å². The fourth-order valence-corrected chi connectivity index (χ4v) is 4.10. The van der Waals surface area contributed by atoms with Gasteiger partial charge in [-0.1, -0.05) is 11.3 Å². The largest absolute Gasteiger partial charge is 0.370 e. The lowest BCUT2D eigenvalue weighted by atomic mass is 9.93. The molecule has 0 radical (unpaired) electrons. The van der Waals surface area contributed by atoms with Crippen LogP contribution in [0.4, 0.5) is 5.13 Å². The van der Waals surface area contributed by atoms with Crippen molar-refractivity contribution in [1.29, 1.82) is 0 Å². The molecular formula is C14H21N5OS. The zero-order valence-electron chi connectivity index (χ0n) is 12.5. The van der Waals surface area contributed by atoms with Crippen LogP contribution in [0.15, 0.2) is 0 Å². The van der Waals surface area contributed by atoms with E-state index in [-0.39, 0.29) is 5.91 Å². The number of thiazole rings is 1. The van der Waals surface area contributed by atoms with Crippen LogP contribution in [0.2, 0.25) is 0 Å². The van der Waals surface area contributed by atoms with Crippen LogP contribution in [-0.2, 0) is 11.8 Å². The van der Waals surface area contributed by atoms with Crippen LogP contribution in [0.25, 0.3) is 10.3 Å². The van der Waals surface area contributed by atoms with Crippen molar-refractivity contribution in [3.05, 3.63) is 5.69 Å². The van der Waals surface area contributed by atoms with E-state index >= 15 is 0 Å². The summed E-state index contributed by atoms with van der Waals surface area (Å²) in [7, 11) is 1.94. The maximum atomic E-state index is 10.9. The van der Waals surface area contributed by atoms with E-state index in [1.54, 1.807) is 11.3 Å². The fraction of sp³-hybridized carbons (Fsp3) is 0.643. The second-order valence-electron chi connectivity index (χ2n) is 5.82. The third-order valence-electron chi connectivity index (χ3n) is 4.12. The summed E-state index contributed by atoms with van der Waals surface area (Å²) in [6.45, 7) is 4.04.